The van der Waals surface area contributed by atoms with E-state index in [0.29, 0.717) is 12.8 Å². The van der Waals surface area contributed by atoms with E-state index in [0.717, 1.165) is 0 Å². The van der Waals surface area contributed by atoms with Gasteiger partial charge in [-0.2, -0.15) is 0 Å². The van der Waals surface area contributed by atoms with Crippen LogP contribution in [-0.4, -0.2) is 29.2 Å². The van der Waals surface area contributed by atoms with Crippen molar-refractivity contribution < 1.29 is 9.90 Å². The molecule has 0 aromatic carbocycles. The fourth-order valence-corrected chi connectivity index (χ4v) is 1.25. The molecule has 0 fully saturated rings. The van der Waals surface area contributed by atoms with Crippen molar-refractivity contribution in [2.24, 2.45) is 11.1 Å². The topological polar surface area (TPSA) is 75.3 Å². The van der Waals surface area contributed by atoms with Crippen LogP contribution in [0.5, 0.6) is 0 Å². The fourth-order valence-electron chi connectivity index (χ4n) is 1.25. The fraction of sp³-hybridized carbons (Fsp3) is 0.917. The van der Waals surface area contributed by atoms with Gasteiger partial charge in [0.15, 0.2) is 0 Å². The van der Waals surface area contributed by atoms with Gasteiger partial charge in [-0.15, -0.1) is 0 Å². The third-order valence-electron chi connectivity index (χ3n) is 3.12. The summed E-state index contributed by atoms with van der Waals surface area (Å²) in [4.78, 5) is 11.7. The number of aliphatic hydroxyl groups is 1. The van der Waals surface area contributed by atoms with Crippen molar-refractivity contribution in [3.8, 4) is 0 Å². The van der Waals surface area contributed by atoms with Crippen molar-refractivity contribution in [2.75, 3.05) is 6.54 Å². The molecule has 1 unspecified atom stereocenters. The van der Waals surface area contributed by atoms with Gasteiger partial charge >= 0.3 is 0 Å². The van der Waals surface area contributed by atoms with Gasteiger partial charge < -0.3 is 16.2 Å². The highest BCUT2D eigenvalue weighted by Crippen LogP contribution is 2.18. The van der Waals surface area contributed by atoms with Crippen LogP contribution in [0.2, 0.25) is 0 Å². The Hall–Kier alpha value is -0.610. The maximum absolute atomic E-state index is 11.7. The van der Waals surface area contributed by atoms with Gasteiger partial charge in [-0.05, 0) is 18.3 Å². The Morgan fingerprint density at radius 1 is 1.31 bits per heavy atom. The first-order chi connectivity index (χ1) is 7.16. The molecule has 0 rings (SSSR count). The summed E-state index contributed by atoms with van der Waals surface area (Å²) < 4.78 is 0. The minimum atomic E-state index is -0.812. The Morgan fingerprint density at radius 2 is 1.75 bits per heavy atom. The molecule has 16 heavy (non-hydrogen) atoms. The quantitative estimate of drug-likeness (QED) is 0.660. The van der Waals surface area contributed by atoms with E-state index in [1.54, 1.807) is 0 Å². The average molecular weight is 230 g/mol. The lowest BCUT2D eigenvalue weighted by Gasteiger charge is -2.29. The van der Waals surface area contributed by atoms with Crippen LogP contribution in [0.3, 0.4) is 0 Å². The second kappa shape index (κ2) is 5.64. The highest BCUT2D eigenvalue weighted by atomic mass is 16.3. The minimum absolute atomic E-state index is 0.201. The average Bonchev–Trinajstić information content (AvgIpc) is 2.23. The maximum atomic E-state index is 11.7. The highest BCUT2D eigenvalue weighted by molar-refractivity contribution is 5.82. The molecule has 4 N–H and O–H groups in total. The van der Waals surface area contributed by atoms with Gasteiger partial charge in [0.1, 0.15) is 0 Å². The summed E-state index contributed by atoms with van der Waals surface area (Å²) >= 11 is 0. The molecule has 0 saturated carbocycles. The first-order valence-corrected chi connectivity index (χ1v) is 5.92. The largest absolute Gasteiger partial charge is 0.388 e. The number of hydrogen-bond donors (Lipinski definition) is 3. The van der Waals surface area contributed by atoms with Gasteiger partial charge in [-0.3, -0.25) is 4.79 Å². The molecule has 0 aliphatic heterocycles. The summed E-state index contributed by atoms with van der Waals surface area (Å²) in [5.41, 5.74) is 4.74. The predicted molar refractivity (Wildman–Crippen MR) is 66.0 cm³/mol. The smallest absolute Gasteiger partial charge is 0.237 e. The van der Waals surface area contributed by atoms with Crippen molar-refractivity contribution in [3.63, 3.8) is 0 Å². The van der Waals surface area contributed by atoms with E-state index in [-0.39, 0.29) is 17.9 Å². The van der Waals surface area contributed by atoms with E-state index in [1.165, 1.54) is 0 Å². The molecular weight excluding hydrogens is 204 g/mol. The SMILES string of the molecule is CCC(O)(CC)CNC(=O)C(N)C(C)(C)C. The zero-order valence-corrected chi connectivity index (χ0v) is 11.1. The second-order valence-electron chi connectivity index (χ2n) is 5.49. The Morgan fingerprint density at radius 3 is 2.06 bits per heavy atom. The Labute approximate surface area is 98.6 Å². The molecule has 0 aromatic rings. The summed E-state index contributed by atoms with van der Waals surface area (Å²) in [6, 6.07) is -0.550. The summed E-state index contributed by atoms with van der Waals surface area (Å²) in [7, 11) is 0. The molecular formula is C12H26N2O2. The van der Waals surface area contributed by atoms with Gasteiger partial charge in [0, 0.05) is 6.54 Å². The Balaban J connectivity index is 4.28. The molecule has 0 saturated heterocycles. The van der Waals surface area contributed by atoms with E-state index in [1.807, 2.05) is 34.6 Å². The number of carbonyl (C=O) groups excluding carboxylic acids is 1. The van der Waals surface area contributed by atoms with Crippen molar-refractivity contribution in [3.05, 3.63) is 0 Å². The first-order valence-electron chi connectivity index (χ1n) is 5.92. The van der Waals surface area contributed by atoms with Gasteiger partial charge in [0.05, 0.1) is 11.6 Å². The van der Waals surface area contributed by atoms with E-state index in [2.05, 4.69) is 5.32 Å². The van der Waals surface area contributed by atoms with Crippen LogP contribution in [0.4, 0.5) is 0 Å². The molecule has 96 valence electrons. The van der Waals surface area contributed by atoms with Crippen LogP contribution in [0.25, 0.3) is 0 Å². The van der Waals surface area contributed by atoms with Crippen molar-refractivity contribution in [1.82, 2.24) is 5.32 Å². The standard InChI is InChI=1S/C12H26N2O2/c1-6-12(16,7-2)8-14-10(15)9(13)11(3,4)5/h9,16H,6-8,13H2,1-5H3,(H,14,15). The maximum Gasteiger partial charge on any atom is 0.237 e. The Kier molecular flexibility index (Phi) is 5.42. The molecule has 0 aliphatic rings. The number of amides is 1. The Bertz CT molecular complexity index is 230. The number of carbonyl (C=O) groups is 1. The first kappa shape index (κ1) is 15.4. The summed E-state index contributed by atoms with van der Waals surface area (Å²) in [5, 5.41) is 12.7. The minimum Gasteiger partial charge on any atom is -0.388 e. The van der Waals surface area contributed by atoms with Crippen LogP contribution in [0.15, 0.2) is 0 Å². The molecule has 4 heteroatoms. The molecule has 4 nitrogen and oxygen atoms in total. The van der Waals surface area contributed by atoms with Crippen molar-refractivity contribution in [2.45, 2.75) is 59.1 Å². The van der Waals surface area contributed by atoms with Crippen molar-refractivity contribution >= 4 is 5.91 Å². The highest BCUT2D eigenvalue weighted by Gasteiger charge is 2.29. The predicted octanol–water partition coefficient (Wildman–Crippen LogP) is 1.03. The zero-order chi connectivity index (χ0) is 13.0. The van der Waals surface area contributed by atoms with Gasteiger partial charge in [0.2, 0.25) is 5.91 Å². The lowest BCUT2D eigenvalue weighted by atomic mass is 9.86. The molecule has 1 amide bonds. The van der Waals surface area contributed by atoms with Gasteiger partial charge in [-0.1, -0.05) is 34.6 Å². The molecule has 1 atom stereocenters. The van der Waals surface area contributed by atoms with Crippen LogP contribution in [0.1, 0.15) is 47.5 Å². The van der Waals surface area contributed by atoms with E-state index < -0.39 is 11.6 Å². The van der Waals surface area contributed by atoms with E-state index >= 15 is 0 Å². The van der Waals surface area contributed by atoms with Crippen LogP contribution in [0, 0.1) is 5.41 Å². The normalized spacial score (nSPS) is 14.7. The lowest BCUT2D eigenvalue weighted by molar-refractivity contribution is -0.125. The zero-order valence-electron chi connectivity index (χ0n) is 11.1. The number of hydrogen-bond acceptors (Lipinski definition) is 3. The summed E-state index contributed by atoms with van der Waals surface area (Å²) in [6.45, 7) is 9.83. The molecule has 0 aliphatic carbocycles. The van der Waals surface area contributed by atoms with Gasteiger partial charge in [-0.25, -0.2) is 0 Å². The van der Waals surface area contributed by atoms with Crippen molar-refractivity contribution in [1.29, 1.82) is 0 Å². The number of rotatable bonds is 5. The third kappa shape index (κ3) is 4.49. The van der Waals surface area contributed by atoms with E-state index in [4.69, 9.17) is 5.73 Å². The number of nitrogens with two attached hydrogens (primary N) is 1. The van der Waals surface area contributed by atoms with Crippen LogP contribution in [-0.2, 0) is 4.79 Å². The lowest BCUT2D eigenvalue weighted by Crippen LogP contribution is -2.52. The van der Waals surface area contributed by atoms with E-state index in [9.17, 15) is 9.90 Å². The number of nitrogens with one attached hydrogen (secondary N) is 1. The molecule has 0 heterocycles. The summed E-state index contributed by atoms with van der Waals surface area (Å²) in [6.07, 6.45) is 1.24. The monoisotopic (exact) mass is 230 g/mol. The van der Waals surface area contributed by atoms with Crippen LogP contribution < -0.4 is 11.1 Å². The summed E-state index contributed by atoms with van der Waals surface area (Å²) in [5.74, 6) is -0.201. The molecule has 0 spiro atoms. The second-order valence-corrected chi connectivity index (χ2v) is 5.49. The third-order valence-corrected chi connectivity index (χ3v) is 3.12. The molecule has 0 radical (unpaired) electrons. The van der Waals surface area contributed by atoms with Gasteiger partial charge in [0.25, 0.3) is 0 Å². The van der Waals surface area contributed by atoms with Crippen LogP contribution >= 0.6 is 0 Å². The molecule has 0 aromatic heterocycles. The molecule has 0 bridgehead atoms.